The van der Waals surface area contributed by atoms with Crippen LogP contribution >= 0.6 is 28.6 Å². The third kappa shape index (κ3) is 3.83. The molecular weight excluding hydrogens is 332 g/mol. The summed E-state index contributed by atoms with van der Waals surface area (Å²) in [6.07, 6.45) is -6.63. The van der Waals surface area contributed by atoms with Gasteiger partial charge in [0, 0.05) is 12.3 Å². The number of hydrogen-bond acceptors (Lipinski definition) is 6. The second kappa shape index (κ2) is 6.15. The van der Waals surface area contributed by atoms with E-state index in [1.165, 1.54) is 18.3 Å². The van der Waals surface area contributed by atoms with Crippen LogP contribution in [0.25, 0.3) is 0 Å². The van der Waals surface area contributed by atoms with E-state index < -0.39 is 30.5 Å². The summed E-state index contributed by atoms with van der Waals surface area (Å²) >= 11 is 10.5. The predicted molar refractivity (Wildman–Crippen MR) is 72.0 cm³/mol. The van der Waals surface area contributed by atoms with Crippen LogP contribution in [0.3, 0.4) is 0 Å². The highest BCUT2D eigenvalue weighted by atomic mass is 35.9. The Hall–Kier alpha value is -0.400. The summed E-state index contributed by atoms with van der Waals surface area (Å²) in [6, 6.07) is 2.74. The average molecular weight is 344 g/mol. The van der Waals surface area contributed by atoms with E-state index in [2.05, 4.69) is 9.51 Å². The smallest absolute Gasteiger partial charge is 0.380 e. The summed E-state index contributed by atoms with van der Waals surface area (Å²) in [5.41, 5.74) is 0.186. The van der Waals surface area contributed by atoms with E-state index in [1.807, 2.05) is 0 Å². The largest absolute Gasteiger partial charge is 0.387 e. The molecule has 0 aromatic carbocycles. The Kier molecular flexibility index (Phi) is 4.92. The second-order valence-corrected chi connectivity index (χ2v) is 8.55. The van der Waals surface area contributed by atoms with Crippen LogP contribution in [-0.4, -0.2) is 40.1 Å². The number of nitrogens with one attached hydrogen (secondary N) is 1. The fourth-order valence-electron chi connectivity index (χ4n) is 1.92. The van der Waals surface area contributed by atoms with Crippen LogP contribution in [0.2, 0.25) is 0 Å². The normalized spacial score (nSPS) is 30.6. The van der Waals surface area contributed by atoms with Crippen LogP contribution in [0.15, 0.2) is 23.1 Å². The minimum absolute atomic E-state index is 0.299. The van der Waals surface area contributed by atoms with Crippen molar-refractivity contribution in [1.82, 2.24) is 4.98 Å². The molecule has 1 fully saturated rings. The van der Waals surface area contributed by atoms with Crippen LogP contribution in [0.1, 0.15) is 11.7 Å². The number of hydrogen-bond donors (Lipinski definition) is 3. The molecule has 3 N–H and O–H groups in total. The number of aliphatic hydroxyl groups excluding tert-OH is 2. The molecule has 1 aromatic heterocycles. The Morgan fingerprint density at radius 1 is 1.35 bits per heavy atom. The van der Waals surface area contributed by atoms with Crippen LogP contribution in [0, 0.1) is 0 Å². The van der Waals surface area contributed by atoms with E-state index in [0.29, 0.717) is 5.56 Å². The molecule has 10 heteroatoms. The lowest BCUT2D eigenvalue weighted by Crippen LogP contribution is -2.32. The highest BCUT2D eigenvalue weighted by molar-refractivity contribution is 8.05. The van der Waals surface area contributed by atoms with Crippen molar-refractivity contribution in [2.45, 2.75) is 24.4 Å². The number of ether oxygens (including phenoxy) is 1. The maximum absolute atomic E-state index is 11.0. The van der Waals surface area contributed by atoms with Gasteiger partial charge in [0.2, 0.25) is 5.56 Å². The first-order valence-electron chi connectivity index (χ1n) is 5.62. The lowest BCUT2D eigenvalue weighted by Gasteiger charge is -2.14. The molecule has 112 valence electrons. The lowest BCUT2D eigenvalue weighted by atomic mass is 10.0. The maximum atomic E-state index is 11.0. The van der Waals surface area contributed by atoms with Gasteiger partial charge >= 0.3 is 6.07 Å². The van der Waals surface area contributed by atoms with Gasteiger partial charge in [0.05, 0.1) is 6.61 Å². The van der Waals surface area contributed by atoms with Crippen LogP contribution in [-0.2, 0) is 13.8 Å². The molecule has 0 aliphatic carbocycles. The van der Waals surface area contributed by atoms with Gasteiger partial charge in [-0.25, -0.2) is 0 Å². The number of aliphatic hydroxyl groups is 2. The van der Waals surface area contributed by atoms with Crippen molar-refractivity contribution in [3.05, 3.63) is 34.2 Å². The molecule has 0 radical (unpaired) electrons. The molecule has 1 aliphatic heterocycles. The molecule has 0 amide bonds. The average Bonchev–Trinajstić information content (AvgIpc) is 2.64. The minimum atomic E-state index is -3.74. The fourth-order valence-corrected chi connectivity index (χ4v) is 2.58. The van der Waals surface area contributed by atoms with E-state index >= 15 is 0 Å². The van der Waals surface area contributed by atoms with Crippen molar-refractivity contribution in [3.8, 4) is 0 Å². The highest BCUT2D eigenvalue weighted by Crippen LogP contribution is 2.57. The zero-order chi connectivity index (χ0) is 14.9. The SMILES string of the molecule is O=c1ccc([C@@H]2O[C@H](COP(=O)(Cl)Cl)C(O)C2O)c[nH]1. The summed E-state index contributed by atoms with van der Waals surface area (Å²) < 4.78 is 21.1. The maximum Gasteiger partial charge on any atom is 0.380 e. The summed E-state index contributed by atoms with van der Waals surface area (Å²) in [4.78, 5) is 13.4. The second-order valence-electron chi connectivity index (χ2n) is 4.27. The lowest BCUT2D eigenvalue weighted by molar-refractivity contribution is -0.0153. The molecule has 0 saturated carbocycles. The van der Waals surface area contributed by atoms with Gasteiger partial charge < -0.3 is 24.5 Å². The number of H-pyrrole nitrogens is 1. The predicted octanol–water partition coefficient (Wildman–Crippen LogP) is 1.14. The molecule has 1 aliphatic rings. The molecular formula is C10H12Cl2NO6P. The number of rotatable bonds is 4. The zero-order valence-electron chi connectivity index (χ0n) is 9.98. The monoisotopic (exact) mass is 343 g/mol. The Morgan fingerprint density at radius 3 is 2.60 bits per heavy atom. The van der Waals surface area contributed by atoms with E-state index in [9.17, 15) is 19.6 Å². The van der Waals surface area contributed by atoms with E-state index in [4.69, 9.17) is 27.2 Å². The molecule has 2 unspecified atom stereocenters. The van der Waals surface area contributed by atoms with Crippen LogP contribution in [0.5, 0.6) is 0 Å². The quantitative estimate of drug-likeness (QED) is 0.707. The Labute approximate surface area is 123 Å². The molecule has 2 rings (SSSR count). The van der Waals surface area contributed by atoms with Crippen molar-refractivity contribution in [2.24, 2.45) is 0 Å². The minimum Gasteiger partial charge on any atom is -0.387 e. The molecule has 2 heterocycles. The van der Waals surface area contributed by atoms with Gasteiger partial charge in [0.25, 0.3) is 0 Å². The van der Waals surface area contributed by atoms with Crippen molar-refractivity contribution in [2.75, 3.05) is 6.61 Å². The molecule has 4 atom stereocenters. The number of pyridine rings is 1. The Morgan fingerprint density at radius 2 is 2.05 bits per heavy atom. The highest BCUT2D eigenvalue weighted by Gasteiger charge is 2.44. The summed E-state index contributed by atoms with van der Waals surface area (Å²) in [6.45, 7) is -0.331. The van der Waals surface area contributed by atoms with Crippen molar-refractivity contribution >= 4 is 28.6 Å². The number of aromatic nitrogens is 1. The standard InChI is InChI=1S/C10H12Cl2NO6P/c11-20(12,17)18-4-6-8(15)9(16)10(19-6)5-1-2-7(14)13-3-5/h1-3,6,8-10,15-16H,4H2,(H,13,14)/t6-,8?,9?,10+/m1/s1. The number of aromatic amines is 1. The van der Waals surface area contributed by atoms with Crippen molar-refractivity contribution < 1.29 is 24.0 Å². The van der Waals surface area contributed by atoms with Crippen LogP contribution < -0.4 is 5.56 Å². The first-order chi connectivity index (χ1) is 9.28. The molecule has 0 spiro atoms. The number of halogens is 2. The van der Waals surface area contributed by atoms with E-state index in [1.54, 1.807) is 0 Å². The van der Waals surface area contributed by atoms with Crippen molar-refractivity contribution in [3.63, 3.8) is 0 Å². The van der Waals surface area contributed by atoms with Gasteiger partial charge in [-0.2, -0.15) is 0 Å². The van der Waals surface area contributed by atoms with Gasteiger partial charge in [0.15, 0.2) is 0 Å². The summed E-state index contributed by atoms with van der Waals surface area (Å²) in [5, 5.41) is 19.8. The van der Waals surface area contributed by atoms with Gasteiger partial charge in [-0.3, -0.25) is 9.36 Å². The molecule has 0 bridgehead atoms. The zero-order valence-corrected chi connectivity index (χ0v) is 12.4. The van der Waals surface area contributed by atoms with Gasteiger partial charge in [-0.05, 0) is 34.1 Å². The van der Waals surface area contributed by atoms with Gasteiger partial charge in [-0.1, -0.05) is 0 Å². The van der Waals surface area contributed by atoms with Crippen LogP contribution in [0.4, 0.5) is 0 Å². The third-order valence-electron chi connectivity index (χ3n) is 2.89. The molecule has 1 aromatic rings. The Balaban J connectivity index is 2.08. The van der Waals surface area contributed by atoms with E-state index in [-0.39, 0.29) is 12.2 Å². The fraction of sp³-hybridized carbons (Fsp3) is 0.500. The molecule has 1 saturated heterocycles. The first kappa shape index (κ1) is 16.0. The summed E-state index contributed by atoms with van der Waals surface area (Å²) in [5.74, 6) is 0. The van der Waals surface area contributed by atoms with Gasteiger partial charge in [-0.15, -0.1) is 0 Å². The first-order valence-corrected chi connectivity index (χ1v) is 9.05. The summed E-state index contributed by atoms with van der Waals surface area (Å²) in [7, 11) is 0. The molecule has 20 heavy (non-hydrogen) atoms. The topological polar surface area (TPSA) is 109 Å². The Bertz CT molecular complexity index is 555. The van der Waals surface area contributed by atoms with Gasteiger partial charge in [0.1, 0.15) is 24.4 Å². The van der Waals surface area contributed by atoms with Crippen molar-refractivity contribution in [1.29, 1.82) is 0 Å². The molecule has 7 nitrogen and oxygen atoms in total. The van der Waals surface area contributed by atoms with E-state index in [0.717, 1.165) is 0 Å². The third-order valence-corrected chi connectivity index (χ3v) is 3.92.